The lowest BCUT2D eigenvalue weighted by atomic mass is 9.97. The highest BCUT2D eigenvalue weighted by molar-refractivity contribution is 9.12. The summed E-state index contributed by atoms with van der Waals surface area (Å²) in [4.78, 5) is 11.4. The van der Waals surface area contributed by atoms with Crippen LogP contribution in [0.2, 0.25) is 0 Å². The molecule has 2 aromatic rings. The van der Waals surface area contributed by atoms with Gasteiger partial charge in [0.2, 0.25) is 0 Å². The van der Waals surface area contributed by atoms with Crippen LogP contribution in [-0.2, 0) is 11.3 Å². The first kappa shape index (κ1) is 16.6. The number of carboxylic acid groups (broad SMARTS) is 1. The Bertz CT molecular complexity index is 641. The summed E-state index contributed by atoms with van der Waals surface area (Å²) in [5.41, 5.74) is 0.852. The lowest BCUT2D eigenvalue weighted by molar-refractivity contribution is -0.142. The SMILES string of the molecule is CC(C)CC(Cn1nnnc1-c1cc(Br)sc1Br)C(=O)O. The third-order valence-corrected chi connectivity index (χ3v) is 5.27. The van der Waals surface area contributed by atoms with Crippen LogP contribution >= 0.6 is 43.2 Å². The van der Waals surface area contributed by atoms with Gasteiger partial charge in [-0.1, -0.05) is 13.8 Å². The summed E-state index contributed by atoms with van der Waals surface area (Å²) >= 11 is 8.41. The van der Waals surface area contributed by atoms with E-state index in [2.05, 4.69) is 47.4 Å². The minimum absolute atomic E-state index is 0.260. The number of hydrogen-bond acceptors (Lipinski definition) is 5. The Balaban J connectivity index is 2.28. The summed E-state index contributed by atoms with van der Waals surface area (Å²) in [5.74, 6) is -0.462. The molecular formula is C12H14Br2N4O2S. The highest BCUT2D eigenvalue weighted by atomic mass is 79.9. The maximum absolute atomic E-state index is 11.4. The molecule has 1 atom stereocenters. The molecule has 0 aliphatic heterocycles. The standard InChI is InChI=1S/C12H14Br2N4O2S/c1-6(2)3-7(12(19)20)5-18-11(15-16-17-18)8-4-9(13)21-10(8)14/h4,6-7H,3,5H2,1-2H3,(H,19,20). The van der Waals surface area contributed by atoms with Gasteiger partial charge in [-0.25, -0.2) is 4.68 Å². The highest BCUT2D eigenvalue weighted by Gasteiger charge is 2.23. The molecule has 2 heterocycles. The van der Waals surface area contributed by atoms with E-state index in [4.69, 9.17) is 0 Å². The van der Waals surface area contributed by atoms with Gasteiger partial charge in [-0.15, -0.1) is 16.4 Å². The van der Waals surface area contributed by atoms with Gasteiger partial charge in [0, 0.05) is 5.56 Å². The van der Waals surface area contributed by atoms with E-state index in [1.165, 1.54) is 11.3 Å². The van der Waals surface area contributed by atoms with Gasteiger partial charge >= 0.3 is 5.97 Å². The van der Waals surface area contributed by atoms with Crippen LogP contribution in [-0.4, -0.2) is 31.3 Å². The summed E-state index contributed by atoms with van der Waals surface area (Å²) in [6.07, 6.45) is 0.586. The molecule has 1 N–H and O–H groups in total. The van der Waals surface area contributed by atoms with Crippen molar-refractivity contribution in [2.45, 2.75) is 26.8 Å². The number of halogens is 2. The Kier molecular flexibility index (Phi) is 5.50. The van der Waals surface area contributed by atoms with E-state index in [1.54, 1.807) is 4.68 Å². The van der Waals surface area contributed by atoms with Crippen molar-refractivity contribution >= 4 is 49.2 Å². The van der Waals surface area contributed by atoms with Gasteiger partial charge in [-0.3, -0.25) is 4.79 Å². The molecule has 0 fully saturated rings. The highest BCUT2D eigenvalue weighted by Crippen LogP contribution is 2.37. The quantitative estimate of drug-likeness (QED) is 0.745. The number of rotatable bonds is 6. The van der Waals surface area contributed by atoms with Crippen molar-refractivity contribution in [1.82, 2.24) is 20.2 Å². The molecule has 0 aromatic carbocycles. The van der Waals surface area contributed by atoms with E-state index in [1.807, 2.05) is 19.9 Å². The van der Waals surface area contributed by atoms with E-state index < -0.39 is 11.9 Å². The number of thiophene rings is 1. The average Bonchev–Trinajstić information content (AvgIpc) is 2.94. The fraction of sp³-hybridized carbons (Fsp3) is 0.500. The first-order valence-corrected chi connectivity index (χ1v) is 8.73. The van der Waals surface area contributed by atoms with Crippen LogP contribution in [0.15, 0.2) is 13.6 Å². The Morgan fingerprint density at radius 1 is 1.48 bits per heavy atom. The van der Waals surface area contributed by atoms with Gasteiger partial charge in [0.15, 0.2) is 5.82 Å². The third-order valence-electron chi connectivity index (χ3n) is 2.93. The molecule has 6 nitrogen and oxygen atoms in total. The third kappa shape index (κ3) is 4.10. The van der Waals surface area contributed by atoms with Gasteiger partial charge in [-0.2, -0.15) is 0 Å². The monoisotopic (exact) mass is 436 g/mol. The smallest absolute Gasteiger partial charge is 0.308 e. The Morgan fingerprint density at radius 2 is 2.19 bits per heavy atom. The predicted octanol–water partition coefficient (Wildman–Crippen LogP) is 3.67. The first-order chi connectivity index (χ1) is 9.88. The first-order valence-electron chi connectivity index (χ1n) is 6.32. The van der Waals surface area contributed by atoms with Crippen molar-refractivity contribution in [2.24, 2.45) is 11.8 Å². The van der Waals surface area contributed by atoms with E-state index in [-0.39, 0.29) is 6.54 Å². The van der Waals surface area contributed by atoms with Crippen molar-refractivity contribution < 1.29 is 9.90 Å². The number of tetrazole rings is 1. The van der Waals surface area contributed by atoms with E-state index in [9.17, 15) is 9.90 Å². The lowest BCUT2D eigenvalue weighted by Crippen LogP contribution is -2.23. The molecule has 0 amide bonds. The second-order valence-corrected chi connectivity index (χ2v) is 8.84. The number of nitrogens with zero attached hydrogens (tertiary/aromatic N) is 4. The van der Waals surface area contributed by atoms with Crippen molar-refractivity contribution in [1.29, 1.82) is 0 Å². The van der Waals surface area contributed by atoms with Crippen molar-refractivity contribution in [3.05, 3.63) is 13.6 Å². The normalized spacial score (nSPS) is 12.8. The second-order valence-electron chi connectivity index (χ2n) is 5.09. The zero-order valence-corrected chi connectivity index (χ0v) is 15.4. The lowest BCUT2D eigenvalue weighted by Gasteiger charge is -2.15. The Hall–Kier alpha value is -0.800. The molecule has 0 radical (unpaired) electrons. The molecule has 9 heteroatoms. The molecule has 1 unspecified atom stereocenters. The number of aromatic nitrogens is 4. The van der Waals surface area contributed by atoms with Crippen LogP contribution in [0.3, 0.4) is 0 Å². The predicted molar refractivity (Wildman–Crippen MR) is 87.1 cm³/mol. The van der Waals surface area contributed by atoms with Crippen LogP contribution in [0, 0.1) is 11.8 Å². The Morgan fingerprint density at radius 3 is 2.71 bits per heavy atom. The summed E-state index contributed by atoms with van der Waals surface area (Å²) in [6, 6.07) is 1.91. The van der Waals surface area contributed by atoms with Crippen molar-refractivity contribution in [2.75, 3.05) is 0 Å². The molecule has 114 valence electrons. The molecule has 0 saturated carbocycles. The van der Waals surface area contributed by atoms with Gasteiger partial charge in [0.25, 0.3) is 0 Å². The summed E-state index contributed by atoms with van der Waals surface area (Å²) < 4.78 is 3.41. The molecule has 0 spiro atoms. The van der Waals surface area contributed by atoms with Crippen LogP contribution in [0.5, 0.6) is 0 Å². The van der Waals surface area contributed by atoms with Crippen LogP contribution < -0.4 is 0 Å². The number of hydrogen-bond donors (Lipinski definition) is 1. The van der Waals surface area contributed by atoms with E-state index in [0.29, 0.717) is 18.2 Å². The Labute approximate surface area is 142 Å². The van der Waals surface area contributed by atoms with Gasteiger partial charge in [-0.05, 0) is 60.7 Å². The maximum Gasteiger partial charge on any atom is 0.308 e. The summed E-state index contributed by atoms with van der Waals surface area (Å²) in [5, 5.41) is 21.0. The topological polar surface area (TPSA) is 80.9 Å². The van der Waals surface area contributed by atoms with Crippen LogP contribution in [0.4, 0.5) is 0 Å². The molecule has 0 saturated heterocycles. The van der Waals surface area contributed by atoms with Gasteiger partial charge in [0.1, 0.15) is 0 Å². The second kappa shape index (κ2) is 6.97. The minimum Gasteiger partial charge on any atom is -0.481 e. The number of aliphatic carboxylic acids is 1. The molecule has 0 aliphatic rings. The average molecular weight is 438 g/mol. The molecule has 0 aliphatic carbocycles. The largest absolute Gasteiger partial charge is 0.481 e. The van der Waals surface area contributed by atoms with E-state index in [0.717, 1.165) is 13.1 Å². The zero-order valence-electron chi connectivity index (χ0n) is 11.5. The van der Waals surface area contributed by atoms with Gasteiger partial charge < -0.3 is 5.11 Å². The molecule has 2 aromatic heterocycles. The van der Waals surface area contributed by atoms with Crippen LogP contribution in [0.25, 0.3) is 11.4 Å². The molecule has 21 heavy (non-hydrogen) atoms. The van der Waals surface area contributed by atoms with Gasteiger partial charge in [0.05, 0.1) is 20.0 Å². The minimum atomic E-state index is -0.823. The fourth-order valence-electron chi connectivity index (χ4n) is 2.04. The fourth-order valence-corrected chi connectivity index (χ4v) is 4.83. The molecule has 2 rings (SSSR count). The van der Waals surface area contributed by atoms with Crippen molar-refractivity contribution in [3.8, 4) is 11.4 Å². The zero-order chi connectivity index (χ0) is 15.6. The van der Waals surface area contributed by atoms with Crippen molar-refractivity contribution in [3.63, 3.8) is 0 Å². The van der Waals surface area contributed by atoms with E-state index >= 15 is 0 Å². The maximum atomic E-state index is 11.4. The number of carbonyl (C=O) groups is 1. The number of carboxylic acids is 1. The summed E-state index contributed by atoms with van der Waals surface area (Å²) in [6.45, 7) is 4.27. The van der Waals surface area contributed by atoms with Crippen LogP contribution in [0.1, 0.15) is 20.3 Å². The molecule has 0 bridgehead atoms. The molecular weight excluding hydrogens is 424 g/mol. The summed E-state index contributed by atoms with van der Waals surface area (Å²) in [7, 11) is 0.